The van der Waals surface area contributed by atoms with Crippen molar-refractivity contribution in [3.8, 4) is 0 Å². The molecule has 0 bridgehead atoms. The maximum absolute atomic E-state index is 3.97. The molecule has 0 aliphatic heterocycles. The minimum absolute atomic E-state index is 0.575. The van der Waals surface area contributed by atoms with Gasteiger partial charge in [0, 0.05) is 38.0 Å². The molecule has 0 saturated carbocycles. The minimum atomic E-state index is 0.575. The van der Waals surface area contributed by atoms with E-state index < -0.39 is 0 Å². The lowest BCUT2D eigenvalue weighted by Crippen LogP contribution is -2.08. The van der Waals surface area contributed by atoms with Crippen LogP contribution in [0.5, 0.6) is 0 Å². The number of fused-ring (bicyclic) bond motifs is 3. The Morgan fingerprint density at radius 1 is 0.594 bits per heavy atom. The number of rotatable bonds is 16. The summed E-state index contributed by atoms with van der Waals surface area (Å²) in [6, 6.07) is 17.6. The van der Waals surface area contributed by atoms with E-state index >= 15 is 0 Å². The van der Waals surface area contributed by atoms with E-state index in [0.717, 1.165) is 6.54 Å². The smallest absolute Gasteiger partial charge is 0.0491 e. The molecule has 2 atom stereocenters. The predicted octanol–water partition coefficient (Wildman–Crippen LogP) is 10.4. The van der Waals surface area contributed by atoms with E-state index in [1.165, 1.54) is 105 Å². The van der Waals surface area contributed by atoms with Crippen molar-refractivity contribution in [2.75, 3.05) is 0 Å². The Morgan fingerprint density at radius 2 is 1.06 bits per heavy atom. The van der Waals surface area contributed by atoms with Crippen molar-refractivity contribution in [2.24, 2.45) is 0 Å². The zero-order valence-corrected chi connectivity index (χ0v) is 23.0. The van der Waals surface area contributed by atoms with E-state index in [4.69, 9.17) is 0 Å². The van der Waals surface area contributed by atoms with Crippen LogP contribution in [0.3, 0.4) is 0 Å². The maximum Gasteiger partial charge on any atom is 0.0491 e. The molecule has 0 radical (unpaired) electrons. The Kier molecular flexibility index (Phi) is 11.7. The largest absolute Gasteiger partial charge is 0.340 e. The number of halogens is 2. The summed E-state index contributed by atoms with van der Waals surface area (Å²) in [4.78, 5) is 1.24. The highest BCUT2D eigenvalue weighted by molar-refractivity contribution is 9.09. The first-order chi connectivity index (χ1) is 15.7. The lowest BCUT2D eigenvalue weighted by atomic mass is 10.0. The van der Waals surface area contributed by atoms with E-state index in [1.807, 2.05) is 0 Å². The summed E-state index contributed by atoms with van der Waals surface area (Å²) in [5, 5.41) is 2.74. The molecular weight excluding hydrogens is 522 g/mol. The van der Waals surface area contributed by atoms with E-state index in [9.17, 15) is 0 Å². The van der Waals surface area contributed by atoms with Crippen LogP contribution >= 0.6 is 31.9 Å². The summed E-state index contributed by atoms with van der Waals surface area (Å²) in [5.74, 6) is 0. The van der Waals surface area contributed by atoms with Gasteiger partial charge in [-0.3, -0.25) is 0 Å². The SMILES string of the molecule is CCCCCCCCCCCC(Br)CCC(Br)CCn1c2ccccc2c2ccccc21. The van der Waals surface area contributed by atoms with E-state index in [2.05, 4.69) is 91.9 Å². The summed E-state index contributed by atoms with van der Waals surface area (Å²) >= 11 is 7.92. The van der Waals surface area contributed by atoms with Crippen LogP contribution in [0.15, 0.2) is 48.5 Å². The number of benzene rings is 2. The van der Waals surface area contributed by atoms with Crippen LogP contribution in [-0.2, 0) is 6.54 Å². The zero-order chi connectivity index (χ0) is 22.6. The van der Waals surface area contributed by atoms with Gasteiger partial charge in [0.25, 0.3) is 0 Å². The number of aryl methyl sites for hydroxylation is 1. The molecule has 1 heterocycles. The molecule has 3 rings (SSSR count). The summed E-state index contributed by atoms with van der Waals surface area (Å²) < 4.78 is 2.51. The Labute approximate surface area is 212 Å². The van der Waals surface area contributed by atoms with Crippen LogP contribution in [0.25, 0.3) is 21.8 Å². The number of alkyl halides is 2. The van der Waals surface area contributed by atoms with Crippen LogP contribution < -0.4 is 0 Å². The van der Waals surface area contributed by atoms with Gasteiger partial charge in [-0.05, 0) is 37.8 Å². The van der Waals surface area contributed by atoms with Crippen molar-refractivity contribution in [1.82, 2.24) is 4.57 Å². The van der Waals surface area contributed by atoms with E-state index in [0.29, 0.717) is 9.65 Å². The molecular formula is C29H41Br2N. The summed E-state index contributed by atoms with van der Waals surface area (Å²) in [6.07, 6.45) is 17.7. The molecule has 0 aliphatic carbocycles. The molecule has 2 unspecified atom stereocenters. The Morgan fingerprint density at radius 3 is 1.62 bits per heavy atom. The second kappa shape index (κ2) is 14.5. The van der Waals surface area contributed by atoms with Crippen LogP contribution in [0.4, 0.5) is 0 Å². The fraction of sp³-hybridized carbons (Fsp3) is 0.586. The maximum atomic E-state index is 3.97. The Hall–Kier alpha value is -0.800. The summed E-state index contributed by atoms with van der Waals surface area (Å²) in [6.45, 7) is 3.36. The zero-order valence-electron chi connectivity index (χ0n) is 19.9. The van der Waals surface area contributed by atoms with Crippen LogP contribution in [0.1, 0.15) is 90.4 Å². The highest BCUT2D eigenvalue weighted by Crippen LogP contribution is 2.30. The van der Waals surface area contributed by atoms with Gasteiger partial charge >= 0.3 is 0 Å². The highest BCUT2D eigenvalue weighted by Gasteiger charge is 2.13. The number of para-hydroxylation sites is 2. The normalized spacial score (nSPS) is 13.7. The molecule has 0 aliphatic rings. The number of hydrogen-bond donors (Lipinski definition) is 0. The molecule has 0 amide bonds. The van der Waals surface area contributed by atoms with Gasteiger partial charge in [0.15, 0.2) is 0 Å². The second-order valence-corrected chi connectivity index (χ2v) is 12.0. The van der Waals surface area contributed by atoms with E-state index in [1.54, 1.807) is 0 Å². The van der Waals surface area contributed by atoms with Gasteiger partial charge in [0.1, 0.15) is 0 Å². The monoisotopic (exact) mass is 561 g/mol. The fourth-order valence-electron chi connectivity index (χ4n) is 4.84. The van der Waals surface area contributed by atoms with Gasteiger partial charge in [0.2, 0.25) is 0 Å². The third-order valence-electron chi connectivity index (χ3n) is 6.76. The first-order valence-corrected chi connectivity index (χ1v) is 14.8. The molecule has 1 nitrogen and oxygen atoms in total. The first-order valence-electron chi connectivity index (χ1n) is 12.9. The average Bonchev–Trinajstić information content (AvgIpc) is 3.14. The van der Waals surface area contributed by atoms with Crippen LogP contribution in [-0.4, -0.2) is 14.2 Å². The summed E-state index contributed by atoms with van der Waals surface area (Å²) in [5.41, 5.74) is 2.72. The lowest BCUT2D eigenvalue weighted by molar-refractivity contribution is 0.539. The first kappa shape index (κ1) is 25.8. The number of hydrogen-bond acceptors (Lipinski definition) is 0. The van der Waals surface area contributed by atoms with Gasteiger partial charge in [-0.1, -0.05) is 133 Å². The average molecular weight is 563 g/mol. The van der Waals surface area contributed by atoms with Crippen molar-refractivity contribution >= 4 is 53.7 Å². The second-order valence-electron chi connectivity index (χ2n) is 9.36. The van der Waals surface area contributed by atoms with Crippen molar-refractivity contribution in [3.05, 3.63) is 48.5 Å². The number of aromatic nitrogens is 1. The van der Waals surface area contributed by atoms with E-state index in [-0.39, 0.29) is 0 Å². The molecule has 1 aromatic heterocycles. The van der Waals surface area contributed by atoms with Gasteiger partial charge in [-0.15, -0.1) is 0 Å². The van der Waals surface area contributed by atoms with Gasteiger partial charge in [-0.2, -0.15) is 0 Å². The molecule has 3 aromatic rings. The number of nitrogens with zero attached hydrogens (tertiary/aromatic N) is 1. The third kappa shape index (κ3) is 7.90. The third-order valence-corrected chi connectivity index (χ3v) is 8.59. The number of unbranched alkanes of at least 4 members (excludes halogenated alkanes) is 8. The van der Waals surface area contributed by atoms with Gasteiger partial charge in [-0.25, -0.2) is 0 Å². The van der Waals surface area contributed by atoms with Crippen molar-refractivity contribution in [1.29, 1.82) is 0 Å². The fourth-order valence-corrected chi connectivity index (χ4v) is 5.90. The van der Waals surface area contributed by atoms with Gasteiger partial charge < -0.3 is 4.57 Å². The Bertz CT molecular complexity index is 863. The van der Waals surface area contributed by atoms with Crippen LogP contribution in [0, 0.1) is 0 Å². The summed E-state index contributed by atoms with van der Waals surface area (Å²) in [7, 11) is 0. The lowest BCUT2D eigenvalue weighted by Gasteiger charge is -2.15. The quantitative estimate of drug-likeness (QED) is 0.121. The molecule has 0 fully saturated rings. The van der Waals surface area contributed by atoms with Crippen molar-refractivity contribution in [3.63, 3.8) is 0 Å². The molecule has 32 heavy (non-hydrogen) atoms. The molecule has 0 saturated heterocycles. The minimum Gasteiger partial charge on any atom is -0.340 e. The van der Waals surface area contributed by atoms with Gasteiger partial charge in [0.05, 0.1) is 0 Å². The molecule has 3 heteroatoms. The standard InChI is InChI=1S/C29H41Br2N/c1-2-3-4-5-6-7-8-9-10-15-24(30)20-21-25(31)22-23-32-28-18-13-11-16-26(28)27-17-12-14-19-29(27)32/h11-14,16-19,24-25H,2-10,15,20-23H2,1H3. The highest BCUT2D eigenvalue weighted by atomic mass is 79.9. The predicted molar refractivity (Wildman–Crippen MR) is 151 cm³/mol. The Balaban J connectivity index is 1.34. The van der Waals surface area contributed by atoms with Crippen molar-refractivity contribution in [2.45, 2.75) is 107 Å². The van der Waals surface area contributed by atoms with Crippen molar-refractivity contribution < 1.29 is 0 Å². The van der Waals surface area contributed by atoms with Crippen LogP contribution in [0.2, 0.25) is 0 Å². The molecule has 0 N–H and O–H groups in total. The topological polar surface area (TPSA) is 4.93 Å². The molecule has 0 spiro atoms. The molecule has 2 aromatic carbocycles. The molecule has 176 valence electrons.